The van der Waals surface area contributed by atoms with Crippen LogP contribution in [0.1, 0.15) is 65.2 Å². The molecule has 2 aliphatic rings. The minimum Gasteiger partial charge on any atom is -0.311 e. The van der Waals surface area contributed by atoms with Gasteiger partial charge >= 0.3 is 0 Å². The van der Waals surface area contributed by atoms with E-state index in [9.17, 15) is 0 Å². The van der Waals surface area contributed by atoms with Crippen LogP contribution in [-0.2, 0) is 0 Å². The maximum absolute atomic E-state index is 3.82. The van der Waals surface area contributed by atoms with E-state index in [1.54, 1.807) is 0 Å². The molecule has 1 nitrogen and oxygen atoms in total. The van der Waals surface area contributed by atoms with Crippen LogP contribution in [0.4, 0.5) is 0 Å². The molecular weight excluding hydrogens is 182 g/mol. The van der Waals surface area contributed by atoms with Crippen LogP contribution in [-0.4, -0.2) is 12.1 Å². The maximum atomic E-state index is 3.82. The first-order valence-electron chi connectivity index (χ1n) is 7.05. The highest BCUT2D eigenvalue weighted by Crippen LogP contribution is 2.41. The van der Waals surface area contributed by atoms with Gasteiger partial charge in [0.2, 0.25) is 0 Å². The first-order valence-corrected chi connectivity index (χ1v) is 7.05. The third-order valence-corrected chi connectivity index (χ3v) is 5.11. The van der Waals surface area contributed by atoms with Gasteiger partial charge in [-0.1, -0.05) is 33.1 Å². The molecular formula is C14H27N. The van der Waals surface area contributed by atoms with Crippen LogP contribution in [0.15, 0.2) is 0 Å². The molecule has 1 heterocycles. The number of nitrogens with one attached hydrogen (secondary N) is 1. The minimum absolute atomic E-state index is 0.540. The maximum Gasteiger partial charge on any atom is 0.0207 e. The van der Waals surface area contributed by atoms with Gasteiger partial charge < -0.3 is 5.32 Å². The van der Waals surface area contributed by atoms with Crippen molar-refractivity contribution in [1.82, 2.24) is 5.32 Å². The molecule has 1 aliphatic heterocycles. The van der Waals surface area contributed by atoms with Crippen LogP contribution in [0.25, 0.3) is 0 Å². The first kappa shape index (κ1) is 11.4. The predicted molar refractivity (Wildman–Crippen MR) is 66.0 cm³/mol. The van der Waals surface area contributed by atoms with E-state index in [4.69, 9.17) is 0 Å². The van der Waals surface area contributed by atoms with E-state index >= 15 is 0 Å². The highest BCUT2D eigenvalue weighted by molar-refractivity contribution is 4.98. The molecule has 1 aliphatic carbocycles. The molecule has 0 radical (unpaired) electrons. The Bertz CT molecular complexity index is 186. The minimum atomic E-state index is 0.540. The van der Waals surface area contributed by atoms with Crippen molar-refractivity contribution < 1.29 is 0 Å². The third-order valence-electron chi connectivity index (χ3n) is 5.11. The second-order valence-corrected chi connectivity index (χ2v) is 5.67. The summed E-state index contributed by atoms with van der Waals surface area (Å²) in [6.45, 7) is 6.00. The normalized spacial score (nSPS) is 42.0. The molecule has 0 aromatic carbocycles. The van der Waals surface area contributed by atoms with Crippen LogP contribution in [0.2, 0.25) is 0 Å². The highest BCUT2D eigenvalue weighted by atomic mass is 15.0. The molecule has 0 aromatic heterocycles. The summed E-state index contributed by atoms with van der Waals surface area (Å²) in [5.41, 5.74) is 0.540. The summed E-state index contributed by atoms with van der Waals surface area (Å²) in [5, 5.41) is 3.82. The lowest BCUT2D eigenvalue weighted by atomic mass is 9.69. The summed E-state index contributed by atoms with van der Waals surface area (Å²) in [5.74, 6) is 2.02. The van der Waals surface area contributed by atoms with E-state index in [0.29, 0.717) is 5.54 Å². The van der Waals surface area contributed by atoms with Gasteiger partial charge in [0.15, 0.2) is 0 Å². The molecule has 0 spiro atoms. The summed E-state index contributed by atoms with van der Waals surface area (Å²) >= 11 is 0. The summed E-state index contributed by atoms with van der Waals surface area (Å²) in [4.78, 5) is 0. The lowest BCUT2D eigenvalue weighted by molar-refractivity contribution is 0.147. The Kier molecular flexibility index (Phi) is 3.71. The Morgan fingerprint density at radius 3 is 2.33 bits per heavy atom. The molecule has 88 valence electrons. The van der Waals surface area contributed by atoms with E-state index in [-0.39, 0.29) is 0 Å². The fourth-order valence-corrected chi connectivity index (χ4v) is 3.89. The Balaban J connectivity index is 1.93. The van der Waals surface area contributed by atoms with Crippen molar-refractivity contribution in [3.63, 3.8) is 0 Å². The highest BCUT2D eigenvalue weighted by Gasteiger charge is 2.40. The lowest BCUT2D eigenvalue weighted by Crippen LogP contribution is -2.47. The van der Waals surface area contributed by atoms with Crippen molar-refractivity contribution in [2.24, 2.45) is 11.8 Å². The molecule has 1 atom stereocenters. The topological polar surface area (TPSA) is 12.0 Å². The van der Waals surface area contributed by atoms with Gasteiger partial charge in [0.05, 0.1) is 0 Å². The van der Waals surface area contributed by atoms with Gasteiger partial charge in [-0.2, -0.15) is 0 Å². The van der Waals surface area contributed by atoms with E-state index in [0.717, 1.165) is 11.8 Å². The van der Waals surface area contributed by atoms with E-state index in [2.05, 4.69) is 19.2 Å². The smallest absolute Gasteiger partial charge is 0.0207 e. The van der Waals surface area contributed by atoms with Gasteiger partial charge in [-0.3, -0.25) is 0 Å². The first-order chi connectivity index (χ1) is 7.30. The van der Waals surface area contributed by atoms with Gasteiger partial charge in [-0.15, -0.1) is 0 Å². The van der Waals surface area contributed by atoms with Crippen LogP contribution in [0, 0.1) is 11.8 Å². The molecule has 1 saturated carbocycles. The van der Waals surface area contributed by atoms with Gasteiger partial charge in [0.1, 0.15) is 0 Å². The average molecular weight is 209 g/mol. The Labute approximate surface area is 95.0 Å². The summed E-state index contributed by atoms with van der Waals surface area (Å²) in [6, 6.07) is 0. The number of hydrogen-bond acceptors (Lipinski definition) is 1. The zero-order valence-corrected chi connectivity index (χ0v) is 10.5. The molecule has 1 saturated heterocycles. The molecule has 2 fully saturated rings. The fourth-order valence-electron chi connectivity index (χ4n) is 3.89. The molecule has 1 N–H and O–H groups in total. The van der Waals surface area contributed by atoms with Gasteiger partial charge in [0.25, 0.3) is 0 Å². The van der Waals surface area contributed by atoms with Crippen molar-refractivity contribution >= 4 is 0 Å². The van der Waals surface area contributed by atoms with Crippen molar-refractivity contribution in [3.8, 4) is 0 Å². The zero-order chi connectivity index (χ0) is 10.7. The Morgan fingerprint density at radius 1 is 1.13 bits per heavy atom. The summed E-state index contributed by atoms with van der Waals surface area (Å²) in [7, 11) is 0. The summed E-state index contributed by atoms with van der Waals surface area (Å²) < 4.78 is 0. The van der Waals surface area contributed by atoms with E-state index < -0.39 is 0 Å². The second-order valence-electron chi connectivity index (χ2n) is 5.67. The number of rotatable bonds is 3. The number of hydrogen-bond donors (Lipinski definition) is 1. The molecule has 0 bridgehead atoms. The molecule has 1 unspecified atom stereocenters. The molecule has 0 amide bonds. The SMILES string of the molecule is CCC1CCC(C2(CC)CCCN2)CC1. The van der Waals surface area contributed by atoms with Crippen LogP contribution < -0.4 is 5.32 Å². The van der Waals surface area contributed by atoms with Crippen molar-refractivity contribution in [2.75, 3.05) is 6.54 Å². The van der Waals surface area contributed by atoms with Crippen molar-refractivity contribution in [2.45, 2.75) is 70.8 Å². The Hall–Kier alpha value is -0.0400. The fraction of sp³-hybridized carbons (Fsp3) is 1.00. The van der Waals surface area contributed by atoms with Crippen molar-refractivity contribution in [1.29, 1.82) is 0 Å². The van der Waals surface area contributed by atoms with Gasteiger partial charge in [-0.25, -0.2) is 0 Å². The molecule has 2 rings (SSSR count). The van der Waals surface area contributed by atoms with E-state index in [1.807, 2.05) is 0 Å². The third kappa shape index (κ3) is 2.22. The standard InChI is InChI=1S/C14H27N/c1-3-12-6-8-13(9-7-12)14(4-2)10-5-11-15-14/h12-13,15H,3-11H2,1-2H3. The van der Waals surface area contributed by atoms with Crippen LogP contribution in [0.5, 0.6) is 0 Å². The average Bonchev–Trinajstić information content (AvgIpc) is 2.79. The quantitative estimate of drug-likeness (QED) is 0.746. The van der Waals surface area contributed by atoms with Gasteiger partial charge in [-0.05, 0) is 50.5 Å². The van der Waals surface area contributed by atoms with Crippen molar-refractivity contribution in [3.05, 3.63) is 0 Å². The monoisotopic (exact) mass is 209 g/mol. The molecule has 15 heavy (non-hydrogen) atoms. The largest absolute Gasteiger partial charge is 0.311 e. The predicted octanol–water partition coefficient (Wildman–Crippen LogP) is 3.74. The van der Waals surface area contributed by atoms with Crippen LogP contribution in [0.3, 0.4) is 0 Å². The van der Waals surface area contributed by atoms with Gasteiger partial charge in [0, 0.05) is 5.54 Å². The zero-order valence-electron chi connectivity index (χ0n) is 10.5. The summed E-state index contributed by atoms with van der Waals surface area (Å²) in [6.07, 6.45) is 11.5. The Morgan fingerprint density at radius 2 is 1.87 bits per heavy atom. The van der Waals surface area contributed by atoms with E-state index in [1.165, 1.54) is 57.9 Å². The molecule has 1 heteroatoms. The molecule has 0 aromatic rings. The second kappa shape index (κ2) is 4.86. The lowest BCUT2D eigenvalue weighted by Gasteiger charge is -2.41. The van der Waals surface area contributed by atoms with Crippen LogP contribution >= 0.6 is 0 Å².